The molecule has 4 heteroatoms. The van der Waals surface area contributed by atoms with Crippen molar-refractivity contribution in [2.45, 2.75) is 27.3 Å². The van der Waals surface area contributed by atoms with Gasteiger partial charge in [-0.15, -0.1) is 0 Å². The monoisotopic (exact) mass is 245 g/mol. The van der Waals surface area contributed by atoms with Gasteiger partial charge in [-0.05, 0) is 24.7 Å². The minimum Gasteiger partial charge on any atom is -0.325 e. The minimum absolute atomic E-state index is 0.154. The Bertz CT molecular complexity index is 459. The summed E-state index contributed by atoms with van der Waals surface area (Å²) in [6.07, 6.45) is 0. The Labute approximate surface area is 108 Å². The third-order valence-electron chi connectivity index (χ3n) is 2.86. The molecule has 1 N–H and O–H groups in total. The lowest BCUT2D eigenvalue weighted by molar-refractivity contribution is -0.114. The van der Waals surface area contributed by atoms with Crippen molar-refractivity contribution >= 4 is 11.6 Å². The van der Waals surface area contributed by atoms with E-state index in [-0.39, 0.29) is 5.91 Å². The molecule has 0 aliphatic heterocycles. The van der Waals surface area contributed by atoms with E-state index in [4.69, 9.17) is 5.26 Å². The Balaban J connectivity index is 3.10. The van der Waals surface area contributed by atoms with Crippen molar-refractivity contribution in [2.24, 2.45) is 0 Å². The molecule has 18 heavy (non-hydrogen) atoms. The molecule has 0 bridgehead atoms. The standard InChI is InChI=1S/C14H19N3O/c1-4-17(5-2)10-13-8-6-7-12(9-15)14(13)16-11(3)18/h6-8H,4-5,10H2,1-3H3,(H,16,18). The fraction of sp³-hybridized carbons (Fsp3) is 0.429. The molecule has 1 aromatic rings. The van der Waals surface area contributed by atoms with Crippen LogP contribution in [0.25, 0.3) is 0 Å². The van der Waals surface area contributed by atoms with Gasteiger partial charge in [0.1, 0.15) is 6.07 Å². The second-order valence-electron chi connectivity index (χ2n) is 4.09. The normalized spacial score (nSPS) is 10.2. The maximum atomic E-state index is 11.2. The molecule has 0 aliphatic rings. The predicted molar refractivity (Wildman–Crippen MR) is 72.1 cm³/mol. The number of nitrogens with one attached hydrogen (secondary N) is 1. The van der Waals surface area contributed by atoms with E-state index in [9.17, 15) is 4.79 Å². The first kappa shape index (κ1) is 14.2. The molecule has 0 fully saturated rings. The number of hydrogen-bond donors (Lipinski definition) is 1. The van der Waals surface area contributed by atoms with Crippen LogP contribution in [0.15, 0.2) is 18.2 Å². The molecule has 1 amide bonds. The molecule has 1 aromatic carbocycles. The van der Waals surface area contributed by atoms with Gasteiger partial charge in [-0.3, -0.25) is 9.69 Å². The Morgan fingerprint density at radius 1 is 1.39 bits per heavy atom. The largest absolute Gasteiger partial charge is 0.325 e. The van der Waals surface area contributed by atoms with Gasteiger partial charge in [-0.25, -0.2) is 0 Å². The first-order chi connectivity index (χ1) is 8.62. The first-order valence-corrected chi connectivity index (χ1v) is 6.14. The molecule has 0 atom stereocenters. The maximum Gasteiger partial charge on any atom is 0.221 e. The number of nitriles is 1. The van der Waals surface area contributed by atoms with E-state index in [1.807, 2.05) is 12.1 Å². The van der Waals surface area contributed by atoms with Gasteiger partial charge in [0.25, 0.3) is 0 Å². The molecule has 1 rings (SSSR count). The van der Waals surface area contributed by atoms with Gasteiger partial charge in [-0.2, -0.15) is 5.26 Å². The number of rotatable bonds is 5. The van der Waals surface area contributed by atoms with E-state index in [1.54, 1.807) is 6.07 Å². The molecule has 0 aromatic heterocycles. The van der Waals surface area contributed by atoms with E-state index in [2.05, 4.69) is 30.1 Å². The van der Waals surface area contributed by atoms with Crippen LogP contribution in [0.3, 0.4) is 0 Å². The molecule has 0 spiro atoms. The summed E-state index contributed by atoms with van der Waals surface area (Å²) in [5.74, 6) is -0.154. The van der Waals surface area contributed by atoms with Crippen LogP contribution in [0.1, 0.15) is 31.9 Å². The average Bonchev–Trinajstić information content (AvgIpc) is 2.36. The summed E-state index contributed by atoms with van der Waals surface area (Å²) in [5, 5.41) is 11.8. The minimum atomic E-state index is -0.154. The van der Waals surface area contributed by atoms with E-state index >= 15 is 0 Å². The number of anilines is 1. The van der Waals surface area contributed by atoms with Crippen LogP contribution in [0.4, 0.5) is 5.69 Å². The number of hydrogen-bond acceptors (Lipinski definition) is 3. The fourth-order valence-corrected chi connectivity index (χ4v) is 1.84. The van der Waals surface area contributed by atoms with Crippen LogP contribution >= 0.6 is 0 Å². The summed E-state index contributed by atoms with van der Waals surface area (Å²) in [6, 6.07) is 7.64. The third-order valence-corrected chi connectivity index (χ3v) is 2.86. The predicted octanol–water partition coefficient (Wildman–Crippen LogP) is 2.36. The highest BCUT2D eigenvalue weighted by Gasteiger charge is 2.11. The summed E-state index contributed by atoms with van der Waals surface area (Å²) in [6.45, 7) is 8.25. The zero-order valence-electron chi connectivity index (χ0n) is 11.2. The van der Waals surface area contributed by atoms with Gasteiger partial charge in [0.2, 0.25) is 5.91 Å². The second kappa shape index (κ2) is 6.77. The van der Waals surface area contributed by atoms with Crippen molar-refractivity contribution in [2.75, 3.05) is 18.4 Å². The number of nitrogens with zero attached hydrogens (tertiary/aromatic N) is 2. The molecular formula is C14H19N3O. The van der Waals surface area contributed by atoms with Crippen molar-refractivity contribution in [3.05, 3.63) is 29.3 Å². The van der Waals surface area contributed by atoms with Gasteiger partial charge < -0.3 is 5.32 Å². The number of carbonyl (C=O) groups is 1. The zero-order valence-corrected chi connectivity index (χ0v) is 11.2. The Morgan fingerprint density at radius 2 is 2.06 bits per heavy atom. The Kier molecular flexibility index (Phi) is 5.34. The maximum absolute atomic E-state index is 11.2. The van der Waals surface area contributed by atoms with Crippen molar-refractivity contribution < 1.29 is 4.79 Å². The molecule has 0 unspecified atom stereocenters. The summed E-state index contributed by atoms with van der Waals surface area (Å²) in [4.78, 5) is 13.5. The lowest BCUT2D eigenvalue weighted by Crippen LogP contribution is -2.23. The fourth-order valence-electron chi connectivity index (χ4n) is 1.84. The van der Waals surface area contributed by atoms with Crippen molar-refractivity contribution in [3.8, 4) is 6.07 Å². The molecule has 0 saturated carbocycles. The highest BCUT2D eigenvalue weighted by atomic mass is 16.1. The highest BCUT2D eigenvalue weighted by Crippen LogP contribution is 2.22. The number of amides is 1. The van der Waals surface area contributed by atoms with Crippen molar-refractivity contribution in [1.82, 2.24) is 4.90 Å². The van der Waals surface area contributed by atoms with Crippen molar-refractivity contribution in [1.29, 1.82) is 5.26 Å². The summed E-state index contributed by atoms with van der Waals surface area (Å²) in [7, 11) is 0. The Morgan fingerprint density at radius 3 is 2.56 bits per heavy atom. The van der Waals surface area contributed by atoms with E-state index in [1.165, 1.54) is 6.92 Å². The van der Waals surface area contributed by atoms with Crippen LogP contribution in [0, 0.1) is 11.3 Å². The zero-order chi connectivity index (χ0) is 13.5. The van der Waals surface area contributed by atoms with E-state index in [0.717, 1.165) is 25.2 Å². The average molecular weight is 245 g/mol. The lowest BCUT2D eigenvalue weighted by atomic mass is 10.1. The second-order valence-corrected chi connectivity index (χ2v) is 4.09. The third kappa shape index (κ3) is 3.57. The van der Waals surface area contributed by atoms with Crippen LogP contribution in [-0.2, 0) is 11.3 Å². The highest BCUT2D eigenvalue weighted by molar-refractivity contribution is 5.91. The summed E-state index contributed by atoms with van der Waals surface area (Å²) < 4.78 is 0. The van der Waals surface area contributed by atoms with Gasteiger partial charge >= 0.3 is 0 Å². The lowest BCUT2D eigenvalue weighted by Gasteiger charge is -2.20. The van der Waals surface area contributed by atoms with Gasteiger partial charge in [0.05, 0.1) is 11.3 Å². The molecule has 96 valence electrons. The van der Waals surface area contributed by atoms with Crippen LogP contribution in [-0.4, -0.2) is 23.9 Å². The SMILES string of the molecule is CCN(CC)Cc1cccc(C#N)c1NC(C)=O. The number of para-hydroxylation sites is 1. The molecule has 0 heterocycles. The van der Waals surface area contributed by atoms with Crippen LogP contribution < -0.4 is 5.32 Å². The molecule has 0 saturated heterocycles. The van der Waals surface area contributed by atoms with Gasteiger partial charge in [-0.1, -0.05) is 26.0 Å². The summed E-state index contributed by atoms with van der Waals surface area (Å²) >= 11 is 0. The molecule has 0 aliphatic carbocycles. The quantitative estimate of drug-likeness (QED) is 0.866. The van der Waals surface area contributed by atoms with Gasteiger partial charge in [0, 0.05) is 13.5 Å². The first-order valence-electron chi connectivity index (χ1n) is 6.14. The van der Waals surface area contributed by atoms with Crippen LogP contribution in [0.5, 0.6) is 0 Å². The number of carbonyl (C=O) groups excluding carboxylic acids is 1. The van der Waals surface area contributed by atoms with Crippen LogP contribution in [0.2, 0.25) is 0 Å². The topological polar surface area (TPSA) is 56.1 Å². The van der Waals surface area contributed by atoms with Gasteiger partial charge in [0.15, 0.2) is 0 Å². The smallest absolute Gasteiger partial charge is 0.221 e. The Hall–Kier alpha value is -1.86. The molecule has 0 radical (unpaired) electrons. The number of benzene rings is 1. The summed E-state index contributed by atoms with van der Waals surface area (Å²) in [5.41, 5.74) is 2.13. The van der Waals surface area contributed by atoms with E-state index in [0.29, 0.717) is 11.3 Å². The molecule has 4 nitrogen and oxygen atoms in total. The van der Waals surface area contributed by atoms with E-state index < -0.39 is 0 Å². The molecular weight excluding hydrogens is 226 g/mol. The van der Waals surface area contributed by atoms with Crippen molar-refractivity contribution in [3.63, 3.8) is 0 Å².